The van der Waals surface area contributed by atoms with Crippen LogP contribution in [0.15, 0.2) is 121 Å². The van der Waals surface area contributed by atoms with E-state index in [1.165, 1.54) is 0 Å². The zero-order valence-corrected chi connectivity index (χ0v) is 53.3. The smallest absolute Gasteiger partial charge is 0.296 e. The van der Waals surface area contributed by atoms with Crippen LogP contribution in [-0.2, 0) is 61.8 Å². The molecule has 0 aliphatic carbocycles. The number of hydrogen-bond acceptors (Lipinski definition) is 12. The lowest BCUT2D eigenvalue weighted by Gasteiger charge is -2.38. The van der Waals surface area contributed by atoms with E-state index in [1.807, 2.05) is 86.6 Å². The molecular formula is C71H90N12O9. The lowest BCUT2D eigenvalue weighted by atomic mass is 9.81. The molecule has 21 nitrogen and oxygen atoms in total. The molecule has 4 aliphatic heterocycles. The fourth-order valence-corrected chi connectivity index (χ4v) is 13.4. The Morgan fingerprint density at radius 1 is 0.543 bits per heavy atom. The number of benzene rings is 4. The molecule has 92 heavy (non-hydrogen) atoms. The van der Waals surface area contributed by atoms with Crippen LogP contribution < -0.4 is 53.2 Å². The van der Waals surface area contributed by atoms with E-state index in [1.54, 1.807) is 72.4 Å². The number of carbonyl (C=O) groups excluding carboxylic acids is 9. The highest BCUT2D eigenvalue weighted by Crippen LogP contribution is 2.38. The number of rotatable bonds is 28. The summed E-state index contributed by atoms with van der Waals surface area (Å²) in [6.07, 6.45) is 6.15. The highest BCUT2D eigenvalue weighted by atomic mass is 16.2. The molecule has 0 radical (unpaired) electrons. The van der Waals surface area contributed by atoms with Gasteiger partial charge in [0.25, 0.3) is 11.8 Å². The van der Waals surface area contributed by atoms with Crippen LogP contribution >= 0.6 is 0 Å². The second kappa shape index (κ2) is 34.5. The molecule has 4 fully saturated rings. The first-order chi connectivity index (χ1) is 44.7. The number of carbonyl (C=O) groups is 9. The summed E-state index contributed by atoms with van der Waals surface area (Å²) in [5.41, 5.74) is 1.23. The van der Waals surface area contributed by atoms with Gasteiger partial charge in [0.1, 0.15) is 24.2 Å². The molecular weight excluding hydrogens is 1160 g/mol. The zero-order chi connectivity index (χ0) is 65.4. The molecule has 9 amide bonds. The molecule has 4 heterocycles. The zero-order valence-electron chi connectivity index (χ0n) is 53.3. The van der Waals surface area contributed by atoms with Crippen molar-refractivity contribution in [3.8, 4) is 23.7 Å². The summed E-state index contributed by atoms with van der Waals surface area (Å²) in [4.78, 5) is 130. The monoisotopic (exact) mass is 1250 g/mol. The molecule has 10 atom stereocenters. The topological polar surface area (TPSA) is 280 Å². The molecule has 4 aromatic carbocycles. The quantitative estimate of drug-likeness (QED) is 0.0290. The fraction of sp³-hybridized carbons (Fsp3) is 0.479. The van der Waals surface area contributed by atoms with Gasteiger partial charge >= 0.3 is 0 Å². The molecule has 4 aliphatic rings. The Hall–Kier alpha value is -8.89. The maximum absolute atomic E-state index is 15.2. The van der Waals surface area contributed by atoms with Gasteiger partial charge in [-0.05, 0) is 131 Å². The highest BCUT2D eigenvalue weighted by Gasteiger charge is 2.52. The molecule has 4 aromatic rings. The predicted molar refractivity (Wildman–Crippen MR) is 350 cm³/mol. The van der Waals surface area contributed by atoms with Crippen LogP contribution in [0.5, 0.6) is 0 Å². The minimum Gasteiger partial charge on any atom is -0.354 e. The van der Waals surface area contributed by atoms with Gasteiger partial charge in [0.05, 0.1) is 12.1 Å². The van der Waals surface area contributed by atoms with Crippen LogP contribution in [-0.4, -0.2) is 152 Å². The van der Waals surface area contributed by atoms with Gasteiger partial charge in [-0.25, -0.2) is 0 Å². The molecule has 0 bridgehead atoms. The van der Waals surface area contributed by atoms with Gasteiger partial charge < -0.3 is 63.0 Å². The van der Waals surface area contributed by atoms with Crippen LogP contribution in [0.3, 0.4) is 0 Å². The molecule has 21 heteroatoms. The second-order valence-electron chi connectivity index (χ2n) is 24.1. The van der Waals surface area contributed by atoms with Crippen molar-refractivity contribution in [2.24, 2.45) is 11.8 Å². The van der Waals surface area contributed by atoms with Crippen LogP contribution in [0.1, 0.15) is 120 Å². The number of fused-ring (bicyclic) bond motifs is 2. The highest BCUT2D eigenvalue weighted by molar-refractivity contribution is 6.00. The third kappa shape index (κ3) is 17.8. The number of nitrogens with one attached hydrogen (secondary N) is 10. The minimum atomic E-state index is -1.78. The Bertz CT molecular complexity index is 3250. The van der Waals surface area contributed by atoms with Crippen molar-refractivity contribution >= 4 is 53.2 Å². The van der Waals surface area contributed by atoms with Crippen molar-refractivity contribution in [1.82, 2.24) is 63.0 Å². The molecule has 0 saturated carbocycles. The van der Waals surface area contributed by atoms with Gasteiger partial charge in [0.2, 0.25) is 41.4 Å². The summed E-state index contributed by atoms with van der Waals surface area (Å²) in [7, 11) is 3.38. The lowest BCUT2D eigenvalue weighted by Crippen LogP contribution is -2.62. The van der Waals surface area contributed by atoms with Crippen molar-refractivity contribution in [2.75, 3.05) is 40.3 Å². The molecule has 10 N–H and O–H groups in total. The van der Waals surface area contributed by atoms with Crippen molar-refractivity contribution in [2.45, 2.75) is 164 Å². The molecule has 0 aromatic heterocycles. The summed E-state index contributed by atoms with van der Waals surface area (Å²) in [6, 6.07) is 32.3. The Balaban J connectivity index is 0.859. The number of likely N-dealkylation sites (N-methyl/N-ethyl adjacent to an activating group) is 2. The van der Waals surface area contributed by atoms with Crippen molar-refractivity contribution in [1.29, 1.82) is 0 Å². The molecule has 0 unspecified atom stereocenters. The van der Waals surface area contributed by atoms with Gasteiger partial charge in [-0.2, -0.15) is 0 Å². The predicted octanol–water partition coefficient (Wildman–Crippen LogP) is 3.18. The van der Waals surface area contributed by atoms with Gasteiger partial charge in [0.15, 0.2) is 5.54 Å². The SMILES string of the molecule is CC[C@H](NC)C(=O)N[C@@H]1C(=O)N2[C@@H](CC[C@@H]1CNC(=O)C#CC#CCCC(=O)NCCNC(=O)C(NC(=O)[C@@H]1CC[C@@H]3CC[C@H](CCNCc4ccccc4)[C@H](NC(=O)[C@H](CC)NC)C(=O)N31)(c1ccccc1)c1ccccc1)CC[C@H]2C(=O)NCc1ccccc1. The van der Waals surface area contributed by atoms with Gasteiger partial charge in [-0.15, -0.1) is 0 Å². The number of amides is 9. The van der Waals surface area contributed by atoms with E-state index in [-0.39, 0.29) is 85.9 Å². The Labute approximate surface area is 540 Å². The minimum absolute atomic E-state index is 0.00558. The van der Waals surface area contributed by atoms with Gasteiger partial charge in [-0.1, -0.05) is 141 Å². The third-order valence-electron chi connectivity index (χ3n) is 18.4. The van der Waals surface area contributed by atoms with E-state index < -0.39 is 65.4 Å². The molecule has 4 saturated heterocycles. The summed E-state index contributed by atoms with van der Waals surface area (Å²) < 4.78 is 0. The average molecular weight is 1260 g/mol. The average Bonchev–Trinajstić information content (AvgIpc) is 1.14. The summed E-state index contributed by atoms with van der Waals surface area (Å²) in [6.45, 7) is 5.40. The van der Waals surface area contributed by atoms with E-state index in [9.17, 15) is 28.8 Å². The summed E-state index contributed by atoms with van der Waals surface area (Å²) in [5.74, 6) is 6.07. The summed E-state index contributed by atoms with van der Waals surface area (Å²) >= 11 is 0. The maximum Gasteiger partial charge on any atom is 0.296 e. The van der Waals surface area contributed by atoms with E-state index in [0.29, 0.717) is 101 Å². The van der Waals surface area contributed by atoms with Crippen molar-refractivity contribution in [3.05, 3.63) is 144 Å². The summed E-state index contributed by atoms with van der Waals surface area (Å²) in [5, 5.41) is 30.3. The Morgan fingerprint density at radius 3 is 1.58 bits per heavy atom. The molecule has 8 rings (SSSR count). The van der Waals surface area contributed by atoms with Crippen LogP contribution in [0.25, 0.3) is 0 Å². The number of nitrogens with zero attached hydrogens (tertiary/aromatic N) is 2. The first kappa shape index (κ1) is 69.0. The molecule has 488 valence electrons. The Kier molecular flexibility index (Phi) is 25.9. The number of hydrogen-bond donors (Lipinski definition) is 10. The van der Waals surface area contributed by atoms with Gasteiger partial charge in [0, 0.05) is 69.5 Å². The normalized spacial score (nSPS) is 21.6. The van der Waals surface area contributed by atoms with E-state index in [0.717, 1.165) is 11.1 Å². The lowest BCUT2D eigenvalue weighted by molar-refractivity contribution is -0.145. The largest absolute Gasteiger partial charge is 0.354 e. The second-order valence-corrected chi connectivity index (χ2v) is 24.1. The third-order valence-corrected chi connectivity index (χ3v) is 18.4. The first-order valence-corrected chi connectivity index (χ1v) is 32.6. The van der Waals surface area contributed by atoms with Crippen LogP contribution in [0, 0.1) is 35.5 Å². The van der Waals surface area contributed by atoms with Crippen LogP contribution in [0.2, 0.25) is 0 Å². The van der Waals surface area contributed by atoms with Crippen molar-refractivity contribution < 1.29 is 43.2 Å². The van der Waals surface area contributed by atoms with Gasteiger partial charge in [-0.3, -0.25) is 43.2 Å². The van der Waals surface area contributed by atoms with E-state index in [4.69, 9.17) is 0 Å². The first-order valence-electron chi connectivity index (χ1n) is 32.6. The van der Waals surface area contributed by atoms with Crippen LogP contribution in [0.4, 0.5) is 0 Å². The fourth-order valence-electron chi connectivity index (χ4n) is 13.4. The maximum atomic E-state index is 15.2. The standard InChI is InChI=1S/C71H90N12O9/c1-5-56(72-3)64(86)79-62-50(41-42-74-45-48-23-13-9-14-24-48)33-35-54-38-40-59(83(54)68(62)90)67(89)81-71(52-27-17-11-18-28-52,53-29-19-12-20-30-53)70(92)76-44-43-75-60(84)31-21-7-8-22-32-61(85)77-47-51-34-36-55-37-39-58(66(88)78-46-49-25-15-10-16-26-49)82(55)69(91)63(51)80-65(87)57(6-2)73-4/h9-20,23-30,50-51,54-59,62-63,72-74H,5-6,21,31,33-47H2,1-4H3,(H,75,84)(H,76,92)(H,77,85)(H,78,88)(H,79,86)(H,80,87)(H,81,89)/t50-,51-,54+,55+,56+,57+,58+,59+,62+,63+/m1/s1. The van der Waals surface area contributed by atoms with Crippen molar-refractivity contribution in [3.63, 3.8) is 0 Å². The van der Waals surface area contributed by atoms with E-state index >= 15 is 14.4 Å². The van der Waals surface area contributed by atoms with E-state index in [2.05, 4.69) is 76.8 Å². The molecule has 0 spiro atoms. The Morgan fingerprint density at radius 2 is 1.03 bits per heavy atom.